The molecule has 0 aliphatic heterocycles. The van der Waals surface area contributed by atoms with Crippen LogP contribution >= 0.6 is 0 Å². The molecule has 5 rings (SSSR count). The van der Waals surface area contributed by atoms with Crippen molar-refractivity contribution in [1.29, 1.82) is 0 Å². The quantitative estimate of drug-likeness (QED) is 0.390. The van der Waals surface area contributed by atoms with Crippen LogP contribution in [0.15, 0.2) is 65.2 Å². The van der Waals surface area contributed by atoms with Crippen LogP contribution in [0.25, 0.3) is 44.0 Å². The number of hydrogen-bond acceptors (Lipinski definition) is 2. The summed E-state index contributed by atoms with van der Waals surface area (Å²) < 4.78 is 32.5. The highest BCUT2D eigenvalue weighted by atomic mass is 16.3. The Morgan fingerprint density at radius 2 is 1.81 bits per heavy atom. The lowest BCUT2D eigenvalue weighted by atomic mass is 9.96. The first-order valence-corrected chi connectivity index (χ1v) is 8.55. The lowest BCUT2D eigenvalue weighted by Gasteiger charge is -2.06. The summed E-state index contributed by atoms with van der Waals surface area (Å²) in [6.45, 7) is -0.332. The summed E-state index contributed by atoms with van der Waals surface area (Å²) in [5, 5.41) is 7.91. The Morgan fingerprint density at radius 1 is 1.00 bits per heavy atom. The first kappa shape index (κ1) is 12.2. The molecule has 3 nitrogen and oxygen atoms in total. The molecule has 3 aromatic carbocycles. The molecule has 2 heterocycles. The molecule has 0 aliphatic carbocycles. The molecule has 2 aromatic heterocycles. The van der Waals surface area contributed by atoms with Crippen LogP contribution in [0.1, 0.15) is 15.2 Å². The van der Waals surface area contributed by atoms with Gasteiger partial charge in [-0.05, 0) is 59.0 Å². The number of furan rings is 1. The van der Waals surface area contributed by atoms with E-state index in [9.17, 15) is 0 Å². The predicted octanol–water partition coefficient (Wildman–Crippen LogP) is 5.24. The van der Waals surface area contributed by atoms with Gasteiger partial charge in [0.2, 0.25) is 5.69 Å². The average molecular weight is 342 g/mol. The number of benzene rings is 3. The molecule has 0 bridgehead atoms. The van der Waals surface area contributed by atoms with Gasteiger partial charge in [-0.2, -0.15) is 0 Å². The largest absolute Gasteiger partial charge is 0.455 e. The molecule has 0 unspecified atom stereocenters. The first-order valence-electron chi connectivity index (χ1n) is 10.1. The summed E-state index contributed by atoms with van der Waals surface area (Å²) in [7, 11) is 1.87. The number of fused-ring (bicyclic) bond motifs is 4. The van der Waals surface area contributed by atoms with E-state index in [0.29, 0.717) is 22.1 Å². The van der Waals surface area contributed by atoms with Gasteiger partial charge < -0.3 is 4.42 Å². The maximum absolute atomic E-state index is 8.12. The van der Waals surface area contributed by atoms with Gasteiger partial charge in [-0.1, -0.05) is 35.0 Å². The SMILES string of the molecule is [2H]C([2H])([2H])c1cc(C)c(-c2cccn[n+]2C)c2oc3cc4ccccc4cc3c12. The lowest BCUT2D eigenvalue weighted by molar-refractivity contribution is -0.720. The zero-order valence-electron chi connectivity index (χ0n) is 17.6. The van der Waals surface area contributed by atoms with Gasteiger partial charge in [-0.15, -0.1) is 0 Å². The van der Waals surface area contributed by atoms with Gasteiger partial charge in [-0.25, -0.2) is 0 Å². The average Bonchev–Trinajstić information content (AvgIpc) is 3.03. The third-order valence-corrected chi connectivity index (χ3v) is 4.99. The second-order valence-corrected chi connectivity index (χ2v) is 6.65. The van der Waals surface area contributed by atoms with Gasteiger partial charge in [0.05, 0.1) is 11.8 Å². The summed E-state index contributed by atoms with van der Waals surface area (Å²) >= 11 is 0. The Labute approximate surface area is 155 Å². The van der Waals surface area contributed by atoms with Crippen molar-refractivity contribution in [2.75, 3.05) is 0 Å². The molecule has 0 saturated heterocycles. The van der Waals surface area contributed by atoms with E-state index in [-0.39, 0.29) is 0 Å². The summed E-state index contributed by atoms with van der Waals surface area (Å²) in [5.74, 6) is 0. The first-order chi connectivity index (χ1) is 13.8. The van der Waals surface area contributed by atoms with Crippen LogP contribution < -0.4 is 4.68 Å². The second-order valence-electron chi connectivity index (χ2n) is 6.65. The molecular formula is C23H19N2O+. The van der Waals surface area contributed by atoms with E-state index in [2.05, 4.69) is 5.10 Å². The van der Waals surface area contributed by atoms with E-state index in [1.165, 1.54) is 0 Å². The zero-order valence-corrected chi connectivity index (χ0v) is 14.6. The molecule has 0 amide bonds. The molecular weight excluding hydrogens is 320 g/mol. The Kier molecular flexibility index (Phi) is 2.53. The van der Waals surface area contributed by atoms with Crippen LogP contribution in [-0.4, -0.2) is 5.10 Å². The van der Waals surface area contributed by atoms with Crippen LogP contribution in [0.2, 0.25) is 0 Å². The van der Waals surface area contributed by atoms with Crippen molar-refractivity contribution in [2.24, 2.45) is 7.05 Å². The van der Waals surface area contributed by atoms with Crippen molar-refractivity contribution in [1.82, 2.24) is 5.10 Å². The van der Waals surface area contributed by atoms with E-state index in [1.54, 1.807) is 16.9 Å². The van der Waals surface area contributed by atoms with E-state index in [0.717, 1.165) is 33.0 Å². The standard InChI is InChI=1S/C23H19N2O/c1-14-11-15(2)22(19-9-6-10-24-25(19)3)23-21(14)18-12-16-7-4-5-8-17(16)13-20(18)26-23/h4-13H,1-3H3/q+1/i1D3. The van der Waals surface area contributed by atoms with Crippen LogP contribution in [0.5, 0.6) is 0 Å². The van der Waals surface area contributed by atoms with Crippen molar-refractivity contribution in [3.05, 3.63) is 71.9 Å². The van der Waals surface area contributed by atoms with Gasteiger partial charge >= 0.3 is 0 Å². The monoisotopic (exact) mass is 342 g/mol. The summed E-state index contributed by atoms with van der Waals surface area (Å²) in [6.07, 6.45) is 1.72. The van der Waals surface area contributed by atoms with Crippen molar-refractivity contribution in [2.45, 2.75) is 13.8 Å². The predicted molar refractivity (Wildman–Crippen MR) is 105 cm³/mol. The van der Waals surface area contributed by atoms with Crippen LogP contribution in [0.4, 0.5) is 0 Å². The van der Waals surface area contributed by atoms with Crippen molar-refractivity contribution in [3.63, 3.8) is 0 Å². The second kappa shape index (κ2) is 5.40. The molecule has 0 fully saturated rings. The van der Waals surface area contributed by atoms with E-state index >= 15 is 0 Å². The Morgan fingerprint density at radius 3 is 2.58 bits per heavy atom. The molecule has 3 heteroatoms. The maximum atomic E-state index is 8.12. The fraction of sp³-hybridized carbons (Fsp3) is 0.130. The number of rotatable bonds is 1. The minimum atomic E-state index is -2.25. The molecule has 0 radical (unpaired) electrons. The highest BCUT2D eigenvalue weighted by molar-refractivity contribution is 6.14. The Hall–Kier alpha value is -3.20. The fourth-order valence-electron chi connectivity index (χ4n) is 3.77. The van der Waals surface area contributed by atoms with Crippen LogP contribution in [0.3, 0.4) is 0 Å². The smallest absolute Gasteiger partial charge is 0.242 e. The zero-order chi connectivity index (χ0) is 20.3. The molecule has 26 heavy (non-hydrogen) atoms. The van der Waals surface area contributed by atoms with Crippen LogP contribution in [0, 0.1) is 13.8 Å². The summed E-state index contributed by atoms with van der Waals surface area (Å²) in [6, 6.07) is 17.6. The highest BCUT2D eigenvalue weighted by Gasteiger charge is 2.22. The molecule has 0 saturated carbocycles. The topological polar surface area (TPSA) is 29.9 Å². The third kappa shape index (κ3) is 2.07. The van der Waals surface area contributed by atoms with E-state index in [4.69, 9.17) is 8.53 Å². The van der Waals surface area contributed by atoms with E-state index in [1.807, 2.05) is 62.5 Å². The van der Waals surface area contributed by atoms with Gasteiger partial charge in [0.15, 0.2) is 7.05 Å². The van der Waals surface area contributed by atoms with Gasteiger partial charge in [0.1, 0.15) is 11.2 Å². The van der Waals surface area contributed by atoms with Gasteiger partial charge in [-0.3, -0.25) is 0 Å². The van der Waals surface area contributed by atoms with Crippen LogP contribution in [-0.2, 0) is 7.05 Å². The Balaban J connectivity index is 2.01. The van der Waals surface area contributed by atoms with Gasteiger partial charge in [0, 0.05) is 21.0 Å². The Bertz CT molecular complexity index is 1420. The molecule has 5 aromatic rings. The number of aromatic nitrogens is 2. The number of aryl methyl sites for hydroxylation is 3. The lowest BCUT2D eigenvalue weighted by Crippen LogP contribution is -2.35. The molecule has 0 atom stereocenters. The molecule has 0 spiro atoms. The molecule has 0 N–H and O–H groups in total. The maximum Gasteiger partial charge on any atom is 0.242 e. The molecule has 126 valence electrons. The molecule has 0 aliphatic rings. The third-order valence-electron chi connectivity index (χ3n) is 4.99. The number of nitrogens with zero attached hydrogens (tertiary/aromatic N) is 2. The number of hydrogen-bond donors (Lipinski definition) is 0. The fourth-order valence-corrected chi connectivity index (χ4v) is 3.77. The summed E-state index contributed by atoms with van der Waals surface area (Å²) in [4.78, 5) is 0. The minimum Gasteiger partial charge on any atom is -0.455 e. The summed E-state index contributed by atoms with van der Waals surface area (Å²) in [5.41, 5.74) is 4.16. The highest BCUT2D eigenvalue weighted by Crippen LogP contribution is 2.40. The van der Waals surface area contributed by atoms with Crippen molar-refractivity contribution < 1.29 is 13.2 Å². The minimum absolute atomic E-state index is 0.314. The van der Waals surface area contributed by atoms with Crippen molar-refractivity contribution >= 4 is 32.7 Å². The normalized spacial score (nSPS) is 13.8. The van der Waals surface area contributed by atoms with Crippen molar-refractivity contribution in [3.8, 4) is 11.3 Å². The van der Waals surface area contributed by atoms with E-state index < -0.39 is 6.85 Å². The van der Waals surface area contributed by atoms with Gasteiger partial charge in [0.25, 0.3) is 0 Å².